The molecule has 5 heteroatoms. The summed E-state index contributed by atoms with van der Waals surface area (Å²) in [6.07, 6.45) is -0.501. The van der Waals surface area contributed by atoms with Gasteiger partial charge in [-0.2, -0.15) is 0 Å². The first-order chi connectivity index (χ1) is 8.54. The minimum atomic E-state index is -0.501. The van der Waals surface area contributed by atoms with Crippen LogP contribution in [0.3, 0.4) is 0 Å². The van der Waals surface area contributed by atoms with Crippen LogP contribution in [0.5, 0.6) is 0 Å². The lowest BCUT2D eigenvalue weighted by Gasteiger charge is -2.17. The number of aliphatic hydroxyl groups is 1. The van der Waals surface area contributed by atoms with E-state index in [9.17, 15) is 9.90 Å². The van der Waals surface area contributed by atoms with E-state index in [0.29, 0.717) is 18.8 Å². The number of anilines is 1. The van der Waals surface area contributed by atoms with Crippen molar-refractivity contribution in [1.29, 1.82) is 0 Å². The van der Waals surface area contributed by atoms with Gasteiger partial charge in [0.15, 0.2) is 0 Å². The molecule has 0 spiro atoms. The minimum absolute atomic E-state index is 0.183. The van der Waals surface area contributed by atoms with Crippen LogP contribution in [0.25, 0.3) is 0 Å². The van der Waals surface area contributed by atoms with Crippen molar-refractivity contribution in [2.24, 2.45) is 0 Å². The Morgan fingerprint density at radius 1 is 1.44 bits per heavy atom. The number of hydrogen-bond acceptors (Lipinski definition) is 3. The van der Waals surface area contributed by atoms with Crippen molar-refractivity contribution in [3.8, 4) is 0 Å². The molecule has 0 aliphatic carbocycles. The third-order valence-corrected chi connectivity index (χ3v) is 2.62. The molecule has 0 saturated carbocycles. The lowest BCUT2D eigenvalue weighted by Crippen LogP contribution is -2.33. The molecule has 0 saturated heterocycles. The Morgan fingerprint density at radius 2 is 2.06 bits per heavy atom. The second-order valence-corrected chi connectivity index (χ2v) is 4.14. The molecule has 0 aromatic heterocycles. The second-order valence-electron chi connectivity index (χ2n) is 4.14. The van der Waals surface area contributed by atoms with E-state index < -0.39 is 6.10 Å². The van der Waals surface area contributed by atoms with Crippen molar-refractivity contribution in [3.63, 3.8) is 0 Å². The van der Waals surface area contributed by atoms with Crippen LogP contribution in [0.15, 0.2) is 24.3 Å². The molecule has 100 valence electrons. The number of carbonyl (C=O) groups excluding carboxylic acids is 1. The van der Waals surface area contributed by atoms with Crippen LogP contribution in [-0.2, 0) is 4.74 Å². The van der Waals surface area contributed by atoms with Gasteiger partial charge in [0.05, 0.1) is 12.7 Å². The van der Waals surface area contributed by atoms with Gasteiger partial charge in [0.2, 0.25) is 0 Å². The zero-order valence-corrected chi connectivity index (χ0v) is 11.0. The summed E-state index contributed by atoms with van der Waals surface area (Å²) in [5.74, 6) is 0. The van der Waals surface area contributed by atoms with Crippen molar-refractivity contribution in [3.05, 3.63) is 29.8 Å². The first-order valence-corrected chi connectivity index (χ1v) is 5.83. The monoisotopic (exact) mass is 252 g/mol. The molecule has 0 bridgehead atoms. The molecule has 1 aromatic rings. The Labute approximate surface area is 107 Å². The summed E-state index contributed by atoms with van der Waals surface area (Å²) in [6, 6.07) is 6.93. The largest absolute Gasteiger partial charge is 0.389 e. The van der Waals surface area contributed by atoms with Gasteiger partial charge in [0.1, 0.15) is 0 Å². The fourth-order valence-corrected chi connectivity index (χ4v) is 1.39. The summed E-state index contributed by atoms with van der Waals surface area (Å²) >= 11 is 0. The predicted octanol–water partition coefficient (Wildman–Crippen LogP) is 1.85. The van der Waals surface area contributed by atoms with Gasteiger partial charge in [-0.1, -0.05) is 12.1 Å². The standard InChI is InChI=1S/C13H20N2O3/c1-10(16)11-4-6-12(7-5-11)14-13(17)15(2)8-9-18-3/h4-7,10,16H,8-9H2,1-3H3,(H,14,17). The zero-order chi connectivity index (χ0) is 13.5. The highest BCUT2D eigenvalue weighted by Crippen LogP contribution is 2.15. The first-order valence-electron chi connectivity index (χ1n) is 5.83. The van der Waals surface area contributed by atoms with Gasteiger partial charge in [0.25, 0.3) is 0 Å². The molecule has 2 N–H and O–H groups in total. The van der Waals surface area contributed by atoms with Crippen molar-refractivity contribution in [2.75, 3.05) is 32.6 Å². The predicted molar refractivity (Wildman–Crippen MR) is 70.6 cm³/mol. The van der Waals surface area contributed by atoms with Gasteiger partial charge in [-0.05, 0) is 24.6 Å². The van der Waals surface area contributed by atoms with Gasteiger partial charge in [-0.25, -0.2) is 4.79 Å². The number of urea groups is 1. The maximum absolute atomic E-state index is 11.7. The summed E-state index contributed by atoms with van der Waals surface area (Å²) in [4.78, 5) is 13.3. The summed E-state index contributed by atoms with van der Waals surface area (Å²) < 4.78 is 4.91. The highest BCUT2D eigenvalue weighted by Gasteiger charge is 2.08. The van der Waals surface area contributed by atoms with E-state index in [-0.39, 0.29) is 6.03 Å². The van der Waals surface area contributed by atoms with Gasteiger partial charge in [-0.15, -0.1) is 0 Å². The van der Waals surface area contributed by atoms with Crippen molar-refractivity contribution in [1.82, 2.24) is 4.90 Å². The number of aliphatic hydroxyl groups excluding tert-OH is 1. The Morgan fingerprint density at radius 3 is 2.56 bits per heavy atom. The molecule has 18 heavy (non-hydrogen) atoms. The van der Waals surface area contributed by atoms with Gasteiger partial charge in [0, 0.05) is 26.4 Å². The molecule has 0 radical (unpaired) electrons. The highest BCUT2D eigenvalue weighted by atomic mass is 16.5. The Hall–Kier alpha value is -1.59. The maximum atomic E-state index is 11.7. The van der Waals surface area contributed by atoms with E-state index in [1.54, 1.807) is 50.2 Å². The van der Waals surface area contributed by atoms with Crippen molar-refractivity contribution >= 4 is 11.7 Å². The van der Waals surface area contributed by atoms with Gasteiger partial charge < -0.3 is 20.1 Å². The molecule has 0 heterocycles. The molecule has 2 amide bonds. The molecule has 0 aliphatic rings. The summed E-state index contributed by atoms with van der Waals surface area (Å²) in [7, 11) is 3.30. The number of benzene rings is 1. The van der Waals surface area contributed by atoms with Crippen molar-refractivity contribution < 1.29 is 14.6 Å². The Bertz CT molecular complexity index is 376. The first kappa shape index (κ1) is 14.5. The fraction of sp³-hybridized carbons (Fsp3) is 0.462. The molecule has 0 fully saturated rings. The lowest BCUT2D eigenvalue weighted by molar-refractivity contribution is 0.165. The van der Waals surface area contributed by atoms with Crippen LogP contribution in [-0.4, -0.2) is 43.3 Å². The molecule has 1 rings (SSSR count). The average molecular weight is 252 g/mol. The summed E-state index contributed by atoms with van der Waals surface area (Å²) in [5.41, 5.74) is 1.52. The topological polar surface area (TPSA) is 61.8 Å². The summed E-state index contributed by atoms with van der Waals surface area (Å²) in [5, 5.41) is 12.1. The van der Waals surface area contributed by atoms with Crippen LogP contribution >= 0.6 is 0 Å². The zero-order valence-electron chi connectivity index (χ0n) is 11.0. The van der Waals surface area contributed by atoms with E-state index in [1.165, 1.54) is 0 Å². The van der Waals surface area contributed by atoms with E-state index in [4.69, 9.17) is 4.74 Å². The average Bonchev–Trinajstić information content (AvgIpc) is 2.36. The molecule has 5 nitrogen and oxygen atoms in total. The molecule has 1 aromatic carbocycles. The SMILES string of the molecule is COCCN(C)C(=O)Nc1ccc(C(C)O)cc1. The van der Waals surface area contributed by atoms with Crippen LogP contribution in [0, 0.1) is 0 Å². The van der Waals surface area contributed by atoms with Crippen LogP contribution < -0.4 is 5.32 Å². The number of likely N-dealkylation sites (N-methyl/N-ethyl adjacent to an activating group) is 1. The molecule has 1 atom stereocenters. The Kier molecular flexibility index (Phi) is 5.61. The van der Waals surface area contributed by atoms with E-state index in [0.717, 1.165) is 5.56 Å². The van der Waals surface area contributed by atoms with Crippen molar-refractivity contribution in [2.45, 2.75) is 13.0 Å². The number of carbonyl (C=O) groups is 1. The molecular weight excluding hydrogens is 232 g/mol. The number of amides is 2. The Balaban J connectivity index is 2.53. The normalized spacial score (nSPS) is 12.0. The molecule has 1 unspecified atom stereocenters. The maximum Gasteiger partial charge on any atom is 0.321 e. The quantitative estimate of drug-likeness (QED) is 0.840. The number of nitrogens with one attached hydrogen (secondary N) is 1. The molecule has 0 aliphatic heterocycles. The summed E-state index contributed by atoms with van der Waals surface area (Å²) in [6.45, 7) is 2.74. The number of rotatable bonds is 5. The van der Waals surface area contributed by atoms with Crippen LogP contribution in [0.4, 0.5) is 10.5 Å². The smallest absolute Gasteiger partial charge is 0.321 e. The van der Waals surface area contributed by atoms with Crippen LogP contribution in [0.2, 0.25) is 0 Å². The van der Waals surface area contributed by atoms with E-state index in [2.05, 4.69) is 5.32 Å². The fourth-order valence-electron chi connectivity index (χ4n) is 1.39. The van der Waals surface area contributed by atoms with Crippen LogP contribution in [0.1, 0.15) is 18.6 Å². The second kappa shape index (κ2) is 6.98. The number of nitrogens with zero attached hydrogens (tertiary/aromatic N) is 1. The third-order valence-electron chi connectivity index (χ3n) is 2.62. The number of hydrogen-bond donors (Lipinski definition) is 2. The number of methoxy groups -OCH3 is 1. The number of ether oxygens (including phenoxy) is 1. The van der Waals surface area contributed by atoms with Gasteiger partial charge >= 0.3 is 6.03 Å². The van der Waals surface area contributed by atoms with Gasteiger partial charge in [-0.3, -0.25) is 0 Å². The van der Waals surface area contributed by atoms with E-state index in [1.807, 2.05) is 0 Å². The minimum Gasteiger partial charge on any atom is -0.389 e. The lowest BCUT2D eigenvalue weighted by atomic mass is 10.1. The molecular formula is C13H20N2O3. The highest BCUT2D eigenvalue weighted by molar-refractivity contribution is 5.89. The third kappa shape index (κ3) is 4.35. The van der Waals surface area contributed by atoms with E-state index >= 15 is 0 Å².